The van der Waals surface area contributed by atoms with Crippen molar-refractivity contribution in [2.75, 3.05) is 27.4 Å². The molecule has 20 heavy (non-hydrogen) atoms. The van der Waals surface area contributed by atoms with E-state index in [-0.39, 0.29) is 6.29 Å². The lowest BCUT2D eigenvalue weighted by Gasteiger charge is -2.24. The summed E-state index contributed by atoms with van der Waals surface area (Å²) in [5.74, 6) is 1.36. The number of aliphatic hydroxyl groups is 1. The minimum Gasteiger partial charge on any atom is -0.497 e. The maximum Gasteiger partial charge on any atom is 0.157 e. The van der Waals surface area contributed by atoms with Gasteiger partial charge in [0.1, 0.15) is 11.5 Å². The Kier molecular flexibility index (Phi) is 5.64. The number of aliphatic hydroxyl groups excluding tert-OH is 1. The van der Waals surface area contributed by atoms with Crippen LogP contribution in [-0.2, 0) is 9.47 Å². The Morgan fingerprint density at radius 3 is 2.65 bits per heavy atom. The molecule has 0 radical (unpaired) electrons. The molecule has 1 atom stereocenters. The zero-order valence-electron chi connectivity index (χ0n) is 12.0. The zero-order chi connectivity index (χ0) is 14.4. The van der Waals surface area contributed by atoms with E-state index in [0.717, 1.165) is 25.2 Å². The highest BCUT2D eigenvalue weighted by Crippen LogP contribution is 2.32. The van der Waals surface area contributed by atoms with Gasteiger partial charge in [0.15, 0.2) is 6.29 Å². The molecule has 0 amide bonds. The molecule has 0 saturated carbocycles. The van der Waals surface area contributed by atoms with Crippen LogP contribution in [0.15, 0.2) is 18.2 Å². The van der Waals surface area contributed by atoms with E-state index in [1.165, 1.54) is 0 Å². The van der Waals surface area contributed by atoms with Crippen molar-refractivity contribution >= 4 is 0 Å². The number of methoxy groups -OCH3 is 2. The predicted molar refractivity (Wildman–Crippen MR) is 74.0 cm³/mol. The number of ether oxygens (including phenoxy) is 4. The van der Waals surface area contributed by atoms with Crippen LogP contribution < -0.4 is 9.47 Å². The predicted octanol–water partition coefficient (Wildman–Crippen LogP) is 2.28. The molecule has 112 valence electrons. The second-order valence-corrected chi connectivity index (χ2v) is 4.73. The Morgan fingerprint density at radius 1 is 1.25 bits per heavy atom. The first kappa shape index (κ1) is 15.1. The Balaban J connectivity index is 1.98. The molecular weight excluding hydrogens is 260 g/mol. The molecule has 1 aliphatic heterocycles. The molecule has 1 aromatic carbocycles. The first-order valence-corrected chi connectivity index (χ1v) is 6.87. The monoisotopic (exact) mass is 282 g/mol. The molecule has 0 spiro atoms. The van der Waals surface area contributed by atoms with E-state index in [9.17, 15) is 5.11 Å². The largest absolute Gasteiger partial charge is 0.497 e. The van der Waals surface area contributed by atoms with Crippen LogP contribution in [0.4, 0.5) is 0 Å². The number of rotatable bonds is 6. The Bertz CT molecular complexity index is 415. The summed E-state index contributed by atoms with van der Waals surface area (Å²) in [6, 6.07) is 5.40. The third kappa shape index (κ3) is 3.85. The standard InChI is InChI=1S/C15H22O5/c1-17-11-4-6-14(18-2)12(10-11)13(16)5-7-15-19-8-3-9-20-15/h4,6,10,13,15-16H,3,5,7-9H2,1-2H3. The van der Waals surface area contributed by atoms with Gasteiger partial charge in [-0.3, -0.25) is 0 Å². The van der Waals surface area contributed by atoms with Crippen molar-refractivity contribution in [3.05, 3.63) is 23.8 Å². The van der Waals surface area contributed by atoms with Crippen LogP contribution in [0.3, 0.4) is 0 Å². The van der Waals surface area contributed by atoms with E-state index >= 15 is 0 Å². The van der Waals surface area contributed by atoms with Crippen molar-refractivity contribution in [3.8, 4) is 11.5 Å². The Hall–Kier alpha value is -1.30. The van der Waals surface area contributed by atoms with Gasteiger partial charge in [0.05, 0.1) is 33.5 Å². The summed E-state index contributed by atoms with van der Waals surface area (Å²) < 4.78 is 21.4. The highest BCUT2D eigenvalue weighted by atomic mass is 16.7. The summed E-state index contributed by atoms with van der Waals surface area (Å²) >= 11 is 0. The average Bonchev–Trinajstić information content (AvgIpc) is 2.52. The lowest BCUT2D eigenvalue weighted by Crippen LogP contribution is -2.25. The van der Waals surface area contributed by atoms with Crippen LogP contribution in [-0.4, -0.2) is 38.8 Å². The van der Waals surface area contributed by atoms with Gasteiger partial charge in [0, 0.05) is 12.0 Å². The van der Waals surface area contributed by atoms with Crippen molar-refractivity contribution in [1.29, 1.82) is 0 Å². The second kappa shape index (κ2) is 7.47. The smallest absolute Gasteiger partial charge is 0.157 e. The molecule has 0 bridgehead atoms. The molecule has 1 heterocycles. The van der Waals surface area contributed by atoms with Crippen LogP contribution in [0.1, 0.15) is 30.9 Å². The molecule has 0 aliphatic carbocycles. The Labute approximate surface area is 119 Å². The third-order valence-electron chi connectivity index (χ3n) is 3.37. The van der Waals surface area contributed by atoms with E-state index in [0.29, 0.717) is 24.3 Å². The molecule has 5 nitrogen and oxygen atoms in total. The van der Waals surface area contributed by atoms with E-state index in [4.69, 9.17) is 18.9 Å². The van der Waals surface area contributed by atoms with E-state index in [2.05, 4.69) is 0 Å². The summed E-state index contributed by atoms with van der Waals surface area (Å²) in [5, 5.41) is 10.3. The van der Waals surface area contributed by atoms with Gasteiger partial charge in [-0.05, 0) is 31.0 Å². The fourth-order valence-corrected chi connectivity index (χ4v) is 2.25. The van der Waals surface area contributed by atoms with Gasteiger partial charge in [-0.1, -0.05) is 0 Å². The minimum atomic E-state index is -0.630. The summed E-state index contributed by atoms with van der Waals surface area (Å²) in [6.07, 6.45) is 1.29. The molecule has 5 heteroatoms. The highest BCUT2D eigenvalue weighted by molar-refractivity contribution is 5.41. The molecule has 1 saturated heterocycles. The topological polar surface area (TPSA) is 57.2 Å². The molecule has 1 unspecified atom stereocenters. The molecule has 0 aromatic heterocycles. The van der Waals surface area contributed by atoms with E-state index in [1.54, 1.807) is 26.4 Å². The lowest BCUT2D eigenvalue weighted by atomic mass is 10.0. The van der Waals surface area contributed by atoms with Crippen molar-refractivity contribution in [1.82, 2.24) is 0 Å². The van der Waals surface area contributed by atoms with Gasteiger partial charge in [-0.25, -0.2) is 0 Å². The fourth-order valence-electron chi connectivity index (χ4n) is 2.25. The Morgan fingerprint density at radius 2 is 2.00 bits per heavy atom. The number of hydrogen-bond acceptors (Lipinski definition) is 5. The summed E-state index contributed by atoms with van der Waals surface area (Å²) in [7, 11) is 3.19. The molecular formula is C15H22O5. The second-order valence-electron chi connectivity index (χ2n) is 4.73. The fraction of sp³-hybridized carbons (Fsp3) is 0.600. The van der Waals surface area contributed by atoms with E-state index in [1.807, 2.05) is 6.07 Å². The maximum absolute atomic E-state index is 10.3. The van der Waals surface area contributed by atoms with Crippen molar-refractivity contribution in [3.63, 3.8) is 0 Å². The van der Waals surface area contributed by atoms with E-state index < -0.39 is 6.10 Å². The number of hydrogen-bond donors (Lipinski definition) is 1. The average molecular weight is 282 g/mol. The summed E-state index contributed by atoms with van der Waals surface area (Å²) in [5.41, 5.74) is 0.725. The molecule has 1 fully saturated rings. The lowest BCUT2D eigenvalue weighted by molar-refractivity contribution is -0.183. The first-order valence-electron chi connectivity index (χ1n) is 6.87. The van der Waals surface area contributed by atoms with Gasteiger partial charge in [-0.15, -0.1) is 0 Å². The van der Waals surface area contributed by atoms with Crippen LogP contribution in [0.2, 0.25) is 0 Å². The quantitative estimate of drug-likeness (QED) is 0.867. The van der Waals surface area contributed by atoms with Crippen molar-refractivity contribution in [2.45, 2.75) is 31.7 Å². The van der Waals surface area contributed by atoms with Crippen LogP contribution >= 0.6 is 0 Å². The van der Waals surface area contributed by atoms with Gasteiger partial charge >= 0.3 is 0 Å². The molecule has 1 N–H and O–H groups in total. The first-order chi connectivity index (χ1) is 9.74. The van der Waals surface area contributed by atoms with Crippen LogP contribution in [0.25, 0.3) is 0 Å². The van der Waals surface area contributed by atoms with Crippen LogP contribution in [0.5, 0.6) is 11.5 Å². The summed E-state index contributed by atoms with van der Waals surface area (Å²) in [4.78, 5) is 0. The molecule has 1 aromatic rings. The zero-order valence-corrected chi connectivity index (χ0v) is 12.0. The maximum atomic E-state index is 10.3. The third-order valence-corrected chi connectivity index (χ3v) is 3.37. The number of benzene rings is 1. The van der Waals surface area contributed by atoms with Gasteiger partial charge in [0.2, 0.25) is 0 Å². The minimum absolute atomic E-state index is 0.213. The SMILES string of the molecule is COc1ccc(OC)c(C(O)CCC2OCCCO2)c1. The van der Waals surface area contributed by atoms with Gasteiger partial charge < -0.3 is 24.1 Å². The van der Waals surface area contributed by atoms with Gasteiger partial charge in [-0.2, -0.15) is 0 Å². The van der Waals surface area contributed by atoms with Crippen molar-refractivity contribution < 1.29 is 24.1 Å². The molecule has 2 rings (SSSR count). The van der Waals surface area contributed by atoms with Crippen LogP contribution in [0, 0.1) is 0 Å². The van der Waals surface area contributed by atoms with Gasteiger partial charge in [0.25, 0.3) is 0 Å². The normalized spacial score (nSPS) is 17.8. The summed E-state index contributed by atoms with van der Waals surface area (Å²) in [6.45, 7) is 1.45. The molecule has 1 aliphatic rings. The van der Waals surface area contributed by atoms with Crippen molar-refractivity contribution in [2.24, 2.45) is 0 Å². The highest BCUT2D eigenvalue weighted by Gasteiger charge is 2.19.